The predicted octanol–water partition coefficient (Wildman–Crippen LogP) is 4.82. The first-order valence-corrected chi connectivity index (χ1v) is 6.60. The first-order chi connectivity index (χ1) is 8.56. The Morgan fingerprint density at radius 2 is 1.89 bits per heavy atom. The highest BCUT2D eigenvalue weighted by molar-refractivity contribution is 9.10. The number of nitrogens with one attached hydrogen (secondary N) is 1. The van der Waals surface area contributed by atoms with Crippen molar-refractivity contribution in [3.63, 3.8) is 0 Å². The van der Waals surface area contributed by atoms with Crippen LogP contribution < -0.4 is 5.32 Å². The van der Waals surface area contributed by atoms with E-state index in [1.165, 1.54) is 17.2 Å². The van der Waals surface area contributed by atoms with Crippen LogP contribution in [0.3, 0.4) is 0 Å². The minimum atomic E-state index is -0.231. The van der Waals surface area contributed by atoms with Crippen molar-refractivity contribution in [2.45, 2.75) is 20.4 Å². The fraction of sp³-hybridized carbons (Fsp3) is 0.200. The Hall–Kier alpha value is -1.35. The summed E-state index contributed by atoms with van der Waals surface area (Å²) in [5, 5.41) is 3.36. The number of benzene rings is 2. The van der Waals surface area contributed by atoms with E-state index in [-0.39, 0.29) is 5.82 Å². The average molecular weight is 308 g/mol. The minimum absolute atomic E-state index is 0.231. The molecule has 0 amide bonds. The quantitative estimate of drug-likeness (QED) is 0.857. The molecule has 0 aliphatic heterocycles. The van der Waals surface area contributed by atoms with Crippen LogP contribution in [0.15, 0.2) is 40.9 Å². The first-order valence-electron chi connectivity index (χ1n) is 5.81. The molecule has 0 radical (unpaired) electrons. The van der Waals surface area contributed by atoms with Gasteiger partial charge < -0.3 is 5.32 Å². The van der Waals surface area contributed by atoms with Crippen molar-refractivity contribution in [2.24, 2.45) is 0 Å². The van der Waals surface area contributed by atoms with Gasteiger partial charge in [0, 0.05) is 12.2 Å². The zero-order valence-corrected chi connectivity index (χ0v) is 12.0. The van der Waals surface area contributed by atoms with Gasteiger partial charge >= 0.3 is 0 Å². The highest BCUT2D eigenvalue weighted by Gasteiger charge is 2.02. The van der Waals surface area contributed by atoms with Gasteiger partial charge in [0.05, 0.1) is 4.47 Å². The van der Waals surface area contributed by atoms with Gasteiger partial charge in [0.15, 0.2) is 0 Å². The van der Waals surface area contributed by atoms with Crippen molar-refractivity contribution >= 4 is 21.6 Å². The summed E-state index contributed by atoms with van der Waals surface area (Å²) in [6.07, 6.45) is 0. The van der Waals surface area contributed by atoms with Gasteiger partial charge in [-0.25, -0.2) is 4.39 Å². The van der Waals surface area contributed by atoms with Crippen molar-refractivity contribution in [3.05, 3.63) is 63.4 Å². The van der Waals surface area contributed by atoms with Crippen LogP contribution >= 0.6 is 15.9 Å². The third-order valence-electron chi connectivity index (χ3n) is 2.85. The molecule has 1 N–H and O–H groups in total. The molecule has 0 unspecified atom stereocenters. The third-order valence-corrected chi connectivity index (χ3v) is 3.46. The van der Waals surface area contributed by atoms with E-state index in [1.807, 2.05) is 0 Å². The number of aryl methyl sites for hydroxylation is 2. The Morgan fingerprint density at radius 3 is 2.56 bits per heavy atom. The zero-order chi connectivity index (χ0) is 13.1. The Labute approximate surface area is 115 Å². The first kappa shape index (κ1) is 13.1. The largest absolute Gasteiger partial charge is 0.381 e. The lowest BCUT2D eigenvalue weighted by Gasteiger charge is -2.10. The summed E-state index contributed by atoms with van der Waals surface area (Å²) in [4.78, 5) is 0. The number of halogens is 2. The molecular formula is C15H15BrFN. The molecule has 0 bridgehead atoms. The SMILES string of the molecule is Cc1ccc(NCc2ccc(F)c(Br)c2)c(C)c1. The van der Waals surface area contributed by atoms with E-state index in [9.17, 15) is 4.39 Å². The van der Waals surface area contributed by atoms with E-state index in [1.54, 1.807) is 12.1 Å². The number of hydrogen-bond acceptors (Lipinski definition) is 1. The number of rotatable bonds is 3. The second kappa shape index (κ2) is 5.53. The van der Waals surface area contributed by atoms with E-state index in [2.05, 4.69) is 53.3 Å². The van der Waals surface area contributed by atoms with Crippen LogP contribution in [0.2, 0.25) is 0 Å². The molecule has 0 saturated carbocycles. The molecule has 0 spiro atoms. The Kier molecular flexibility index (Phi) is 4.02. The second-order valence-corrected chi connectivity index (χ2v) is 5.27. The molecule has 3 heteroatoms. The van der Waals surface area contributed by atoms with E-state index in [4.69, 9.17) is 0 Å². The van der Waals surface area contributed by atoms with Crippen LogP contribution in [0.25, 0.3) is 0 Å². The lowest BCUT2D eigenvalue weighted by Crippen LogP contribution is -2.01. The van der Waals surface area contributed by atoms with Gasteiger partial charge in [-0.15, -0.1) is 0 Å². The van der Waals surface area contributed by atoms with E-state index in [0.717, 1.165) is 11.3 Å². The summed E-state index contributed by atoms with van der Waals surface area (Å²) in [5.74, 6) is -0.231. The molecule has 2 aromatic rings. The molecule has 2 aromatic carbocycles. The van der Waals surface area contributed by atoms with Gasteiger partial charge in [-0.2, -0.15) is 0 Å². The summed E-state index contributed by atoms with van der Waals surface area (Å²) in [6, 6.07) is 11.4. The average Bonchev–Trinajstić information content (AvgIpc) is 2.32. The molecule has 0 atom stereocenters. The van der Waals surface area contributed by atoms with E-state index >= 15 is 0 Å². The van der Waals surface area contributed by atoms with Crippen LogP contribution in [0, 0.1) is 19.7 Å². The summed E-state index contributed by atoms with van der Waals surface area (Å²) in [7, 11) is 0. The lowest BCUT2D eigenvalue weighted by atomic mass is 10.1. The van der Waals surface area contributed by atoms with Crippen molar-refractivity contribution < 1.29 is 4.39 Å². The fourth-order valence-corrected chi connectivity index (χ4v) is 2.29. The maximum Gasteiger partial charge on any atom is 0.137 e. The summed E-state index contributed by atoms with van der Waals surface area (Å²) in [5.41, 5.74) is 4.63. The summed E-state index contributed by atoms with van der Waals surface area (Å²) in [6.45, 7) is 4.84. The van der Waals surface area contributed by atoms with Crippen LogP contribution in [0.4, 0.5) is 10.1 Å². The topological polar surface area (TPSA) is 12.0 Å². The number of hydrogen-bond donors (Lipinski definition) is 1. The molecule has 0 fully saturated rings. The number of anilines is 1. The standard InChI is InChI=1S/C15H15BrFN/c1-10-3-6-15(11(2)7-10)18-9-12-4-5-14(17)13(16)8-12/h3-8,18H,9H2,1-2H3. The second-order valence-electron chi connectivity index (χ2n) is 4.42. The Morgan fingerprint density at radius 1 is 1.11 bits per heavy atom. The van der Waals surface area contributed by atoms with Gasteiger partial charge in [0.2, 0.25) is 0 Å². The Bertz CT molecular complexity index is 566. The smallest absolute Gasteiger partial charge is 0.137 e. The molecule has 0 aliphatic carbocycles. The molecular weight excluding hydrogens is 293 g/mol. The predicted molar refractivity (Wildman–Crippen MR) is 77.3 cm³/mol. The van der Waals surface area contributed by atoms with Crippen molar-refractivity contribution in [2.75, 3.05) is 5.32 Å². The van der Waals surface area contributed by atoms with Gasteiger partial charge in [-0.05, 0) is 59.1 Å². The van der Waals surface area contributed by atoms with Gasteiger partial charge in [0.1, 0.15) is 5.82 Å². The van der Waals surface area contributed by atoms with E-state index < -0.39 is 0 Å². The summed E-state index contributed by atoms with van der Waals surface area (Å²) < 4.78 is 13.6. The van der Waals surface area contributed by atoms with Gasteiger partial charge in [-0.1, -0.05) is 23.8 Å². The van der Waals surface area contributed by atoms with Crippen molar-refractivity contribution in [1.29, 1.82) is 0 Å². The molecule has 0 heterocycles. The molecule has 1 nitrogen and oxygen atoms in total. The van der Waals surface area contributed by atoms with Crippen LogP contribution in [-0.2, 0) is 6.54 Å². The maximum atomic E-state index is 13.1. The van der Waals surface area contributed by atoms with Crippen molar-refractivity contribution in [3.8, 4) is 0 Å². The molecule has 94 valence electrons. The molecule has 2 rings (SSSR count). The monoisotopic (exact) mass is 307 g/mol. The molecule has 0 aromatic heterocycles. The minimum Gasteiger partial charge on any atom is -0.381 e. The van der Waals surface area contributed by atoms with Gasteiger partial charge in [-0.3, -0.25) is 0 Å². The fourth-order valence-electron chi connectivity index (χ4n) is 1.86. The Balaban J connectivity index is 2.09. The van der Waals surface area contributed by atoms with Crippen LogP contribution in [-0.4, -0.2) is 0 Å². The van der Waals surface area contributed by atoms with Crippen molar-refractivity contribution in [1.82, 2.24) is 0 Å². The summed E-state index contributed by atoms with van der Waals surface area (Å²) >= 11 is 3.19. The van der Waals surface area contributed by atoms with Gasteiger partial charge in [0.25, 0.3) is 0 Å². The van der Waals surface area contributed by atoms with Crippen LogP contribution in [0.1, 0.15) is 16.7 Å². The lowest BCUT2D eigenvalue weighted by molar-refractivity contribution is 0.620. The molecule has 18 heavy (non-hydrogen) atoms. The van der Waals surface area contributed by atoms with Crippen LogP contribution in [0.5, 0.6) is 0 Å². The molecule has 0 saturated heterocycles. The highest BCUT2D eigenvalue weighted by Crippen LogP contribution is 2.20. The molecule has 0 aliphatic rings. The van der Waals surface area contributed by atoms with E-state index in [0.29, 0.717) is 11.0 Å². The maximum absolute atomic E-state index is 13.1. The normalized spacial score (nSPS) is 10.4. The third kappa shape index (κ3) is 3.10. The highest BCUT2D eigenvalue weighted by atomic mass is 79.9. The zero-order valence-electron chi connectivity index (χ0n) is 10.4.